The third-order valence-electron chi connectivity index (χ3n) is 4.29. The number of hydrogen-bond acceptors (Lipinski definition) is 3. The highest BCUT2D eigenvalue weighted by Gasteiger charge is 2.29. The minimum absolute atomic E-state index is 0.171. The van der Waals surface area contributed by atoms with E-state index >= 15 is 0 Å². The first kappa shape index (κ1) is 14.3. The molecular weight excluding hydrogens is 266 g/mol. The maximum atomic E-state index is 12.7. The molecule has 1 aromatic heterocycles. The lowest BCUT2D eigenvalue weighted by Gasteiger charge is -2.35. The van der Waals surface area contributed by atoms with Crippen molar-refractivity contribution >= 4 is 5.91 Å². The maximum Gasteiger partial charge on any atom is 0.249 e. The molecule has 3 rings (SSSR count). The van der Waals surface area contributed by atoms with Gasteiger partial charge < -0.3 is 14.2 Å². The summed E-state index contributed by atoms with van der Waals surface area (Å²) in [6.45, 7) is 4.67. The molecule has 0 N–H and O–H groups in total. The van der Waals surface area contributed by atoms with Crippen molar-refractivity contribution in [3.8, 4) is 0 Å². The van der Waals surface area contributed by atoms with Crippen LogP contribution >= 0.6 is 0 Å². The monoisotopic (exact) mass is 289 g/mol. The van der Waals surface area contributed by atoms with Crippen LogP contribution in [0.3, 0.4) is 0 Å². The molecule has 0 saturated carbocycles. The molecule has 0 saturated heterocycles. The Kier molecular flexibility index (Phi) is 4.39. The van der Waals surface area contributed by atoms with Crippen molar-refractivity contribution < 1.29 is 9.53 Å². The molecule has 21 heavy (non-hydrogen) atoms. The van der Waals surface area contributed by atoms with E-state index in [-0.39, 0.29) is 11.9 Å². The van der Waals surface area contributed by atoms with Crippen LogP contribution in [0.2, 0.25) is 0 Å². The van der Waals surface area contributed by atoms with Gasteiger partial charge in [0, 0.05) is 24.9 Å². The fraction of sp³-hybridized carbons (Fsp3) is 0.625. The predicted molar refractivity (Wildman–Crippen MR) is 79.7 cm³/mol. The largest absolute Gasteiger partial charge is 0.380 e. The molecule has 1 aliphatic heterocycles. The van der Waals surface area contributed by atoms with Gasteiger partial charge in [0.2, 0.25) is 5.91 Å². The van der Waals surface area contributed by atoms with Crippen molar-refractivity contribution in [1.82, 2.24) is 14.5 Å². The number of fused-ring (bicyclic) bond motifs is 1. The zero-order valence-corrected chi connectivity index (χ0v) is 12.6. The third-order valence-corrected chi connectivity index (χ3v) is 4.29. The Balaban J connectivity index is 1.75. The molecule has 114 valence electrons. The number of ether oxygens (including phenoxy) is 1. The van der Waals surface area contributed by atoms with Gasteiger partial charge in [-0.3, -0.25) is 4.79 Å². The van der Waals surface area contributed by atoms with Crippen LogP contribution in [0, 0.1) is 0 Å². The maximum absolute atomic E-state index is 12.7. The lowest BCUT2D eigenvalue weighted by molar-refractivity contribution is -0.129. The Morgan fingerprint density at radius 1 is 1.48 bits per heavy atom. The third kappa shape index (κ3) is 3.02. The van der Waals surface area contributed by atoms with Crippen molar-refractivity contribution in [2.24, 2.45) is 0 Å². The Labute approximate surface area is 125 Å². The standard InChI is InChI=1S/C16H23N3O2/c1-2-21-11-15-10-18(9-14-8-17-12-19(14)15)16(20)13-6-4-3-5-7-13/h6,8,12,15H,2-5,7,9-11H2,1H3/t15-/m0/s1. The molecular formula is C16H23N3O2. The molecule has 2 aliphatic rings. The molecule has 2 heterocycles. The van der Waals surface area contributed by atoms with E-state index in [1.54, 1.807) is 0 Å². The Morgan fingerprint density at radius 3 is 3.14 bits per heavy atom. The van der Waals surface area contributed by atoms with Crippen molar-refractivity contribution in [3.63, 3.8) is 0 Å². The van der Waals surface area contributed by atoms with E-state index < -0.39 is 0 Å². The number of allylic oxidation sites excluding steroid dienone is 1. The summed E-state index contributed by atoms with van der Waals surface area (Å²) in [4.78, 5) is 18.9. The van der Waals surface area contributed by atoms with E-state index in [4.69, 9.17) is 4.74 Å². The van der Waals surface area contributed by atoms with Crippen LogP contribution < -0.4 is 0 Å². The number of imidazole rings is 1. The van der Waals surface area contributed by atoms with Gasteiger partial charge in [-0.05, 0) is 32.6 Å². The van der Waals surface area contributed by atoms with E-state index in [1.807, 2.05) is 24.3 Å². The minimum atomic E-state index is 0.171. The Morgan fingerprint density at radius 2 is 2.38 bits per heavy atom. The van der Waals surface area contributed by atoms with Gasteiger partial charge >= 0.3 is 0 Å². The van der Waals surface area contributed by atoms with Gasteiger partial charge in [-0.2, -0.15) is 0 Å². The highest BCUT2D eigenvalue weighted by atomic mass is 16.5. The molecule has 1 amide bonds. The van der Waals surface area contributed by atoms with Crippen LogP contribution in [0.5, 0.6) is 0 Å². The summed E-state index contributed by atoms with van der Waals surface area (Å²) in [5.74, 6) is 0.198. The smallest absolute Gasteiger partial charge is 0.249 e. The molecule has 0 aromatic carbocycles. The summed E-state index contributed by atoms with van der Waals surface area (Å²) in [6, 6.07) is 0.171. The van der Waals surface area contributed by atoms with Gasteiger partial charge in [0.15, 0.2) is 0 Å². The summed E-state index contributed by atoms with van der Waals surface area (Å²) in [5, 5.41) is 0. The molecule has 0 bridgehead atoms. The SMILES string of the molecule is CCOC[C@@H]1CN(C(=O)C2=CCCCC2)Cc2cncn21. The lowest BCUT2D eigenvalue weighted by Crippen LogP contribution is -2.42. The number of amides is 1. The van der Waals surface area contributed by atoms with Crippen LogP contribution in [0.15, 0.2) is 24.2 Å². The van der Waals surface area contributed by atoms with Gasteiger partial charge in [0.05, 0.1) is 31.2 Å². The average Bonchev–Trinajstić information content (AvgIpc) is 3.01. The highest BCUT2D eigenvalue weighted by Crippen LogP contribution is 2.25. The number of hydrogen-bond donors (Lipinski definition) is 0. The van der Waals surface area contributed by atoms with Gasteiger partial charge in [0.25, 0.3) is 0 Å². The van der Waals surface area contributed by atoms with E-state index in [0.717, 1.165) is 30.5 Å². The normalized spacial score (nSPS) is 21.9. The van der Waals surface area contributed by atoms with Crippen LogP contribution in [-0.4, -0.2) is 40.1 Å². The number of nitrogens with zero attached hydrogens (tertiary/aromatic N) is 3. The fourth-order valence-electron chi connectivity index (χ4n) is 3.16. The summed E-state index contributed by atoms with van der Waals surface area (Å²) in [5.41, 5.74) is 2.08. The minimum Gasteiger partial charge on any atom is -0.380 e. The van der Waals surface area contributed by atoms with E-state index in [9.17, 15) is 4.79 Å². The van der Waals surface area contributed by atoms with Crippen molar-refractivity contribution in [3.05, 3.63) is 29.9 Å². The van der Waals surface area contributed by atoms with Crippen LogP contribution in [-0.2, 0) is 16.1 Å². The molecule has 5 heteroatoms. The number of carbonyl (C=O) groups excluding carboxylic acids is 1. The van der Waals surface area contributed by atoms with Crippen LogP contribution in [0.25, 0.3) is 0 Å². The first-order chi connectivity index (χ1) is 10.3. The van der Waals surface area contributed by atoms with Gasteiger partial charge in [-0.25, -0.2) is 4.98 Å². The van der Waals surface area contributed by atoms with Crippen LogP contribution in [0.1, 0.15) is 44.3 Å². The molecule has 5 nitrogen and oxygen atoms in total. The van der Waals surface area contributed by atoms with Crippen molar-refractivity contribution in [1.29, 1.82) is 0 Å². The summed E-state index contributed by atoms with van der Waals surface area (Å²) >= 11 is 0. The van der Waals surface area contributed by atoms with Gasteiger partial charge in [-0.15, -0.1) is 0 Å². The molecule has 1 aliphatic carbocycles. The first-order valence-corrected chi connectivity index (χ1v) is 7.86. The zero-order valence-electron chi connectivity index (χ0n) is 12.6. The average molecular weight is 289 g/mol. The molecule has 0 radical (unpaired) electrons. The van der Waals surface area contributed by atoms with Crippen molar-refractivity contribution in [2.75, 3.05) is 19.8 Å². The van der Waals surface area contributed by atoms with E-state index in [1.165, 1.54) is 6.42 Å². The lowest BCUT2D eigenvalue weighted by atomic mass is 9.98. The summed E-state index contributed by atoms with van der Waals surface area (Å²) in [7, 11) is 0. The summed E-state index contributed by atoms with van der Waals surface area (Å²) < 4.78 is 7.72. The second kappa shape index (κ2) is 6.43. The molecule has 0 unspecified atom stereocenters. The predicted octanol–water partition coefficient (Wildman–Crippen LogP) is 2.30. The van der Waals surface area contributed by atoms with Gasteiger partial charge in [-0.1, -0.05) is 6.08 Å². The molecule has 1 atom stereocenters. The fourth-order valence-corrected chi connectivity index (χ4v) is 3.16. The number of aromatic nitrogens is 2. The first-order valence-electron chi connectivity index (χ1n) is 7.86. The molecule has 0 fully saturated rings. The molecule has 1 aromatic rings. The quantitative estimate of drug-likeness (QED) is 0.854. The Hall–Kier alpha value is -1.62. The second-order valence-electron chi connectivity index (χ2n) is 5.77. The summed E-state index contributed by atoms with van der Waals surface area (Å²) in [6.07, 6.45) is 10.1. The van der Waals surface area contributed by atoms with Crippen LogP contribution in [0.4, 0.5) is 0 Å². The topological polar surface area (TPSA) is 47.4 Å². The zero-order chi connectivity index (χ0) is 14.7. The van der Waals surface area contributed by atoms with Gasteiger partial charge in [0.1, 0.15) is 0 Å². The van der Waals surface area contributed by atoms with E-state index in [0.29, 0.717) is 26.3 Å². The number of carbonyl (C=O) groups is 1. The molecule has 0 spiro atoms. The van der Waals surface area contributed by atoms with E-state index in [2.05, 4.69) is 15.6 Å². The second-order valence-corrected chi connectivity index (χ2v) is 5.77. The number of rotatable bonds is 4. The van der Waals surface area contributed by atoms with Crippen molar-refractivity contribution in [2.45, 2.75) is 45.2 Å². The Bertz CT molecular complexity index is 535. The highest BCUT2D eigenvalue weighted by molar-refractivity contribution is 5.93.